The minimum absolute atomic E-state index is 0.174. The van der Waals surface area contributed by atoms with Crippen molar-refractivity contribution >= 4 is 5.78 Å². The second kappa shape index (κ2) is 5.46. The maximum absolute atomic E-state index is 11.9. The molecule has 2 nitrogen and oxygen atoms in total. The Labute approximate surface area is 103 Å². The van der Waals surface area contributed by atoms with Gasteiger partial charge >= 0.3 is 0 Å². The molecule has 1 heterocycles. The minimum Gasteiger partial charge on any atom is -0.378 e. The van der Waals surface area contributed by atoms with E-state index in [2.05, 4.69) is 32.0 Å². The van der Waals surface area contributed by atoms with Gasteiger partial charge in [0.25, 0.3) is 0 Å². The average molecular weight is 232 g/mol. The average Bonchev–Trinajstić information content (AvgIpc) is 2.67. The van der Waals surface area contributed by atoms with E-state index in [1.165, 1.54) is 11.1 Å². The second-order valence-corrected chi connectivity index (χ2v) is 5.05. The lowest BCUT2D eigenvalue weighted by molar-refractivity contribution is -0.120. The number of ketones is 1. The molecule has 1 aliphatic heterocycles. The van der Waals surface area contributed by atoms with Gasteiger partial charge in [-0.05, 0) is 32.3 Å². The van der Waals surface area contributed by atoms with Gasteiger partial charge in [-0.2, -0.15) is 0 Å². The molecule has 1 aromatic carbocycles. The van der Waals surface area contributed by atoms with E-state index in [0.717, 1.165) is 25.0 Å². The summed E-state index contributed by atoms with van der Waals surface area (Å²) in [6.45, 7) is 4.96. The highest BCUT2D eigenvalue weighted by Gasteiger charge is 2.19. The lowest BCUT2D eigenvalue weighted by Crippen LogP contribution is -2.14. The van der Waals surface area contributed by atoms with E-state index in [1.54, 1.807) is 0 Å². The summed E-state index contributed by atoms with van der Waals surface area (Å²) in [7, 11) is 0. The smallest absolute Gasteiger partial charge is 0.139 e. The van der Waals surface area contributed by atoms with E-state index in [-0.39, 0.29) is 6.10 Å². The van der Waals surface area contributed by atoms with Crippen LogP contribution in [0.3, 0.4) is 0 Å². The van der Waals surface area contributed by atoms with Crippen molar-refractivity contribution in [2.24, 2.45) is 0 Å². The van der Waals surface area contributed by atoms with Gasteiger partial charge in [-0.25, -0.2) is 0 Å². The molecular weight excluding hydrogens is 212 g/mol. The van der Waals surface area contributed by atoms with E-state index >= 15 is 0 Å². The van der Waals surface area contributed by atoms with Gasteiger partial charge in [0, 0.05) is 19.4 Å². The molecule has 2 rings (SSSR count). The Balaban J connectivity index is 1.92. The lowest BCUT2D eigenvalue weighted by Gasteiger charge is -2.09. The van der Waals surface area contributed by atoms with Crippen LogP contribution in [0.1, 0.15) is 36.0 Å². The zero-order chi connectivity index (χ0) is 12.3. The molecular formula is C15H20O2. The number of hydrogen-bond donors (Lipinski definition) is 0. The summed E-state index contributed by atoms with van der Waals surface area (Å²) in [5.74, 6) is 0.293. The number of hydrogen-bond acceptors (Lipinski definition) is 2. The molecule has 17 heavy (non-hydrogen) atoms. The minimum atomic E-state index is 0.174. The fraction of sp³-hybridized carbons (Fsp3) is 0.533. The van der Waals surface area contributed by atoms with Gasteiger partial charge in [0.1, 0.15) is 5.78 Å². The first-order valence-corrected chi connectivity index (χ1v) is 6.34. The topological polar surface area (TPSA) is 26.3 Å². The van der Waals surface area contributed by atoms with E-state index < -0.39 is 0 Å². The zero-order valence-electron chi connectivity index (χ0n) is 10.7. The molecule has 0 aromatic heterocycles. The highest BCUT2D eigenvalue weighted by Crippen LogP contribution is 2.17. The van der Waals surface area contributed by atoms with Gasteiger partial charge in [0.2, 0.25) is 0 Å². The summed E-state index contributed by atoms with van der Waals surface area (Å²) in [5.41, 5.74) is 3.58. The van der Waals surface area contributed by atoms with Crippen LogP contribution in [0.15, 0.2) is 18.2 Å². The monoisotopic (exact) mass is 232 g/mol. The van der Waals surface area contributed by atoms with Crippen LogP contribution in [-0.4, -0.2) is 18.5 Å². The first kappa shape index (κ1) is 12.3. The molecule has 2 heteroatoms. The van der Waals surface area contributed by atoms with Crippen LogP contribution in [0.5, 0.6) is 0 Å². The SMILES string of the molecule is Cc1cc(C)cc(CC(=O)CC2CCCO2)c1. The molecule has 1 unspecified atom stereocenters. The van der Waals surface area contributed by atoms with Gasteiger partial charge in [-0.1, -0.05) is 29.3 Å². The largest absolute Gasteiger partial charge is 0.378 e. The van der Waals surface area contributed by atoms with Gasteiger partial charge in [-0.3, -0.25) is 4.79 Å². The zero-order valence-corrected chi connectivity index (χ0v) is 10.7. The summed E-state index contributed by atoms with van der Waals surface area (Å²) in [4.78, 5) is 11.9. The fourth-order valence-corrected chi connectivity index (χ4v) is 2.53. The van der Waals surface area contributed by atoms with Crippen LogP contribution < -0.4 is 0 Å². The van der Waals surface area contributed by atoms with Crippen molar-refractivity contribution in [1.82, 2.24) is 0 Å². The van der Waals surface area contributed by atoms with Crippen molar-refractivity contribution in [3.63, 3.8) is 0 Å². The molecule has 92 valence electrons. The van der Waals surface area contributed by atoms with Crippen LogP contribution in [0, 0.1) is 13.8 Å². The molecule has 1 fully saturated rings. The Morgan fingerprint density at radius 1 is 1.29 bits per heavy atom. The molecule has 1 aliphatic rings. The van der Waals surface area contributed by atoms with Gasteiger partial charge in [0.15, 0.2) is 0 Å². The quantitative estimate of drug-likeness (QED) is 0.797. The van der Waals surface area contributed by atoms with Crippen molar-refractivity contribution in [2.75, 3.05) is 6.61 Å². The number of rotatable bonds is 4. The maximum atomic E-state index is 11.9. The molecule has 1 saturated heterocycles. The molecule has 0 amide bonds. The van der Waals surface area contributed by atoms with Crippen LogP contribution in [0.25, 0.3) is 0 Å². The molecule has 0 N–H and O–H groups in total. The Hall–Kier alpha value is -1.15. The van der Waals surface area contributed by atoms with Crippen LogP contribution >= 0.6 is 0 Å². The maximum Gasteiger partial charge on any atom is 0.139 e. The number of benzene rings is 1. The Morgan fingerprint density at radius 2 is 2.00 bits per heavy atom. The highest BCUT2D eigenvalue weighted by atomic mass is 16.5. The number of ether oxygens (including phenoxy) is 1. The second-order valence-electron chi connectivity index (χ2n) is 5.05. The van der Waals surface area contributed by atoms with Gasteiger partial charge < -0.3 is 4.74 Å². The van der Waals surface area contributed by atoms with Crippen molar-refractivity contribution in [1.29, 1.82) is 0 Å². The summed E-state index contributed by atoms with van der Waals surface area (Å²) in [6.07, 6.45) is 3.43. The Bertz CT molecular complexity index is 383. The molecule has 0 bridgehead atoms. The van der Waals surface area contributed by atoms with Gasteiger partial charge in [0.05, 0.1) is 6.10 Å². The number of carbonyl (C=O) groups is 1. The third kappa shape index (κ3) is 3.67. The van der Waals surface area contributed by atoms with Crippen molar-refractivity contribution in [2.45, 2.75) is 45.6 Å². The summed E-state index contributed by atoms with van der Waals surface area (Å²) in [5, 5.41) is 0. The first-order chi connectivity index (χ1) is 8.13. The van der Waals surface area contributed by atoms with E-state index in [0.29, 0.717) is 18.6 Å². The lowest BCUT2D eigenvalue weighted by atomic mass is 10.00. The van der Waals surface area contributed by atoms with Crippen LogP contribution in [0.4, 0.5) is 0 Å². The molecule has 0 spiro atoms. The Kier molecular flexibility index (Phi) is 3.95. The third-order valence-corrected chi connectivity index (χ3v) is 3.16. The summed E-state index contributed by atoms with van der Waals surface area (Å²) in [6, 6.07) is 6.33. The van der Waals surface area contributed by atoms with E-state index in [4.69, 9.17) is 4.74 Å². The fourth-order valence-electron chi connectivity index (χ4n) is 2.53. The van der Waals surface area contributed by atoms with E-state index in [1.807, 2.05) is 0 Å². The number of Topliss-reactive ketones (excluding diaryl/α,β-unsaturated/α-hetero) is 1. The first-order valence-electron chi connectivity index (χ1n) is 6.34. The van der Waals surface area contributed by atoms with E-state index in [9.17, 15) is 4.79 Å². The molecule has 1 atom stereocenters. The predicted octanol–water partition coefficient (Wildman–Crippen LogP) is 2.98. The van der Waals surface area contributed by atoms with Crippen molar-refractivity contribution < 1.29 is 9.53 Å². The van der Waals surface area contributed by atoms with Crippen molar-refractivity contribution in [3.8, 4) is 0 Å². The summed E-state index contributed by atoms with van der Waals surface area (Å²) >= 11 is 0. The summed E-state index contributed by atoms with van der Waals surface area (Å²) < 4.78 is 5.49. The van der Waals surface area contributed by atoms with Crippen molar-refractivity contribution in [3.05, 3.63) is 34.9 Å². The van der Waals surface area contributed by atoms with Crippen LogP contribution in [-0.2, 0) is 16.0 Å². The highest BCUT2D eigenvalue weighted by molar-refractivity contribution is 5.81. The number of carbonyl (C=O) groups excluding carboxylic acids is 1. The van der Waals surface area contributed by atoms with Crippen LogP contribution in [0.2, 0.25) is 0 Å². The third-order valence-electron chi connectivity index (χ3n) is 3.16. The molecule has 0 saturated carbocycles. The molecule has 0 aliphatic carbocycles. The van der Waals surface area contributed by atoms with Gasteiger partial charge in [-0.15, -0.1) is 0 Å². The number of aryl methyl sites for hydroxylation is 2. The molecule has 1 aromatic rings. The standard InChI is InChI=1S/C15H20O2/c1-11-6-12(2)8-13(7-11)9-14(16)10-15-4-3-5-17-15/h6-8,15H,3-5,9-10H2,1-2H3. The predicted molar refractivity (Wildman–Crippen MR) is 68.2 cm³/mol. The Morgan fingerprint density at radius 3 is 2.59 bits per heavy atom. The molecule has 0 radical (unpaired) electrons. The normalized spacial score (nSPS) is 19.5.